The van der Waals surface area contributed by atoms with Gasteiger partial charge in [0.15, 0.2) is 11.7 Å². The van der Waals surface area contributed by atoms with Gasteiger partial charge in [0.25, 0.3) is 0 Å². The Balaban J connectivity index is 0.911. The molecule has 16 heteroatoms. The molecule has 4 heterocycles. The maximum atomic E-state index is 12.6. The molecule has 0 unspecified atom stereocenters. The summed E-state index contributed by atoms with van der Waals surface area (Å²) in [6.45, 7) is 19.6. The first-order valence-electron chi connectivity index (χ1n) is 21.9. The number of hydrogen-bond donors (Lipinski definition) is 4. The molecule has 3 amide bonds. The number of carbonyl (C=O) groups excluding carboxylic acids is 3. The number of aliphatic imine (C=N–C) groups is 1. The molecule has 0 bridgehead atoms. The second-order valence-corrected chi connectivity index (χ2v) is 17.5. The number of aryl methyl sites for hydroxylation is 1. The van der Waals surface area contributed by atoms with Crippen LogP contribution in [0.2, 0.25) is 0 Å². The van der Waals surface area contributed by atoms with Crippen LogP contribution in [0, 0.1) is 18.3 Å². The molecular weight excluding hydrogens is 809 g/mol. The number of hydrogen-bond acceptors (Lipinski definition) is 13. The number of anilines is 3. The lowest BCUT2D eigenvalue weighted by atomic mass is 9.95. The summed E-state index contributed by atoms with van der Waals surface area (Å²) < 4.78 is 5.16. The van der Waals surface area contributed by atoms with E-state index in [9.17, 15) is 14.4 Å². The Bertz CT molecular complexity index is 2320. The largest absolute Gasteiger partial charge is 0.398 e. The Hall–Kier alpha value is -6.68. The summed E-state index contributed by atoms with van der Waals surface area (Å²) in [5.74, 6) is 1.32. The van der Waals surface area contributed by atoms with E-state index in [2.05, 4.69) is 83.4 Å². The third kappa shape index (κ3) is 12.5. The number of pyridine rings is 1. The number of piperidine rings is 1. The van der Waals surface area contributed by atoms with Crippen molar-refractivity contribution < 1.29 is 18.9 Å². The average Bonchev–Trinajstić information content (AvgIpc) is 3.81. The van der Waals surface area contributed by atoms with Crippen molar-refractivity contribution in [3.63, 3.8) is 0 Å². The van der Waals surface area contributed by atoms with Gasteiger partial charge in [-0.15, -0.1) is 0 Å². The van der Waals surface area contributed by atoms with Gasteiger partial charge in [-0.05, 0) is 84.3 Å². The van der Waals surface area contributed by atoms with Crippen LogP contribution in [-0.2, 0) is 28.0 Å². The zero-order valence-corrected chi connectivity index (χ0v) is 37.8. The fourth-order valence-electron chi connectivity index (χ4n) is 7.81. The maximum Gasteiger partial charge on any atom is 0.315 e. The molecule has 6 rings (SSSR count). The number of benzene rings is 2. The van der Waals surface area contributed by atoms with Gasteiger partial charge in [0.2, 0.25) is 12.3 Å². The van der Waals surface area contributed by atoms with E-state index >= 15 is 0 Å². The quantitative estimate of drug-likeness (QED) is 0.0464. The van der Waals surface area contributed by atoms with E-state index in [0.717, 1.165) is 79.6 Å². The lowest BCUT2D eigenvalue weighted by Gasteiger charge is -2.39. The lowest BCUT2D eigenvalue weighted by Crippen LogP contribution is -2.49. The van der Waals surface area contributed by atoms with Crippen LogP contribution in [0.4, 0.5) is 17.2 Å². The summed E-state index contributed by atoms with van der Waals surface area (Å²) in [5, 5.41) is 17.6. The summed E-state index contributed by atoms with van der Waals surface area (Å²) in [7, 11) is 1.95. The molecule has 16 nitrogen and oxygen atoms in total. The van der Waals surface area contributed by atoms with Gasteiger partial charge in [0.1, 0.15) is 5.82 Å². The van der Waals surface area contributed by atoms with Crippen molar-refractivity contribution >= 4 is 53.2 Å². The summed E-state index contributed by atoms with van der Waals surface area (Å²) in [6.07, 6.45) is 8.66. The molecule has 5 N–H and O–H groups in total. The Morgan fingerprint density at radius 3 is 2.39 bits per heavy atom. The second kappa shape index (κ2) is 21.6. The lowest BCUT2D eigenvalue weighted by molar-refractivity contribution is -0.125. The zero-order valence-electron chi connectivity index (χ0n) is 37.8. The van der Waals surface area contributed by atoms with Gasteiger partial charge in [0, 0.05) is 119 Å². The van der Waals surface area contributed by atoms with E-state index in [0.29, 0.717) is 42.4 Å². The minimum atomic E-state index is -0.446. The topological polar surface area (TPSA) is 202 Å². The van der Waals surface area contributed by atoms with Crippen LogP contribution in [-0.4, -0.2) is 110 Å². The average molecular weight is 871 g/mol. The third-order valence-corrected chi connectivity index (χ3v) is 11.9. The molecule has 0 spiro atoms. The molecule has 2 aromatic carbocycles. The number of imide groups is 1. The number of nitrogens with zero attached hydrogens (tertiary/aromatic N) is 8. The van der Waals surface area contributed by atoms with Gasteiger partial charge in [0.05, 0.1) is 0 Å². The van der Waals surface area contributed by atoms with E-state index in [4.69, 9.17) is 20.7 Å². The van der Waals surface area contributed by atoms with Gasteiger partial charge in [-0.3, -0.25) is 30.0 Å². The van der Waals surface area contributed by atoms with Gasteiger partial charge < -0.3 is 30.3 Å². The molecule has 2 saturated heterocycles. The number of piperazine rings is 1. The number of nitrogens with two attached hydrogens (primary N) is 1. The predicted octanol–water partition coefficient (Wildman–Crippen LogP) is 5.28. The maximum absolute atomic E-state index is 12.6. The Morgan fingerprint density at radius 1 is 1.03 bits per heavy atom. The highest BCUT2D eigenvalue weighted by atomic mass is 16.5. The van der Waals surface area contributed by atoms with Crippen LogP contribution in [0.25, 0.3) is 5.70 Å². The summed E-state index contributed by atoms with van der Waals surface area (Å²) in [4.78, 5) is 57.6. The van der Waals surface area contributed by atoms with Crippen molar-refractivity contribution in [2.45, 2.75) is 65.3 Å². The number of nitrogens with one attached hydrogen (secondary N) is 3. The molecule has 0 radical (unpaired) electrons. The molecule has 2 aromatic heterocycles. The van der Waals surface area contributed by atoms with Crippen LogP contribution in [0.15, 0.2) is 88.5 Å². The first kappa shape index (κ1) is 46.8. The van der Waals surface area contributed by atoms with Crippen molar-refractivity contribution in [3.05, 3.63) is 113 Å². The van der Waals surface area contributed by atoms with E-state index < -0.39 is 5.91 Å². The highest BCUT2D eigenvalue weighted by Gasteiger charge is 2.26. The van der Waals surface area contributed by atoms with Crippen molar-refractivity contribution in [1.29, 1.82) is 5.41 Å². The molecule has 2 aliphatic heterocycles. The monoisotopic (exact) mass is 871 g/mol. The van der Waals surface area contributed by atoms with E-state index in [1.807, 2.05) is 64.0 Å². The molecule has 338 valence electrons. The SMILES string of the molecule is C=CC(C(=N)N=CCc1ccc(N2CCN(CC3CCN(c4ccc(N(C)CCC(=O)NC=O)cc4)CC3)CC2)nc1)=C(N)c1ccc(CNC(=O)c2nc(C(C)(C)C)no2)c(C)c1. The standard InChI is InChI=1S/C48H62N12O4/c1-7-40(43(49)36-9-10-37(33(2)28-36)30-53-45(63)46-55-47(56-64-46)48(3,4)5)44(50)51-20-16-34-8-15-41(52-29-34)60-26-24-58(25-27-60)31-35-17-22-59(23-18-35)39-13-11-38(12-14-39)57(6)21-19-42(62)54-32-61/h7-15,20,28-29,32,35,50H,1,16-19,21-27,30-31,49H2,2-6H3,(H,53,63)(H,54,61,62). The third-order valence-electron chi connectivity index (χ3n) is 11.9. The normalized spacial score (nSPS) is 15.5. The fourth-order valence-corrected chi connectivity index (χ4v) is 7.81. The molecule has 2 aliphatic rings. The Kier molecular flexibility index (Phi) is 15.8. The molecular formula is C48H62N12O4. The van der Waals surface area contributed by atoms with Gasteiger partial charge >= 0.3 is 11.8 Å². The summed E-state index contributed by atoms with van der Waals surface area (Å²) in [6, 6.07) is 18.3. The fraction of sp³-hybridized carbons (Fsp3) is 0.417. The van der Waals surface area contributed by atoms with Crippen LogP contribution >= 0.6 is 0 Å². The van der Waals surface area contributed by atoms with E-state index in [-0.39, 0.29) is 36.0 Å². The number of amides is 3. The van der Waals surface area contributed by atoms with Crippen LogP contribution in [0.1, 0.15) is 78.8 Å². The van der Waals surface area contributed by atoms with Crippen molar-refractivity contribution in [1.82, 2.24) is 30.7 Å². The summed E-state index contributed by atoms with van der Waals surface area (Å²) in [5.41, 5.74) is 12.8. The number of rotatable bonds is 17. The van der Waals surface area contributed by atoms with Gasteiger partial charge in [-0.25, -0.2) is 9.98 Å². The molecule has 0 saturated carbocycles. The predicted molar refractivity (Wildman–Crippen MR) is 253 cm³/mol. The highest BCUT2D eigenvalue weighted by molar-refractivity contribution is 6.08. The van der Waals surface area contributed by atoms with Crippen molar-refractivity contribution in [2.75, 3.05) is 74.1 Å². The van der Waals surface area contributed by atoms with Crippen LogP contribution in [0.3, 0.4) is 0 Å². The first-order valence-corrected chi connectivity index (χ1v) is 21.9. The van der Waals surface area contributed by atoms with Crippen LogP contribution < -0.4 is 31.1 Å². The smallest absolute Gasteiger partial charge is 0.315 e. The molecule has 2 fully saturated rings. The zero-order chi connectivity index (χ0) is 45.8. The van der Waals surface area contributed by atoms with E-state index in [1.165, 1.54) is 18.5 Å². The first-order chi connectivity index (χ1) is 30.7. The number of aromatic nitrogens is 3. The summed E-state index contributed by atoms with van der Waals surface area (Å²) >= 11 is 0. The molecule has 4 aromatic rings. The van der Waals surface area contributed by atoms with Crippen molar-refractivity contribution in [2.24, 2.45) is 16.6 Å². The highest BCUT2D eigenvalue weighted by Crippen LogP contribution is 2.27. The van der Waals surface area contributed by atoms with Gasteiger partial charge in [-0.2, -0.15) is 4.98 Å². The molecule has 0 atom stereocenters. The Morgan fingerprint density at radius 2 is 1.77 bits per heavy atom. The van der Waals surface area contributed by atoms with Crippen molar-refractivity contribution in [3.8, 4) is 0 Å². The molecule has 0 aliphatic carbocycles. The van der Waals surface area contributed by atoms with E-state index in [1.54, 1.807) is 12.3 Å². The number of carbonyl (C=O) groups is 3. The molecule has 64 heavy (non-hydrogen) atoms. The van der Waals surface area contributed by atoms with Gasteiger partial charge in [-0.1, -0.05) is 56.8 Å². The Labute approximate surface area is 376 Å². The number of amidine groups is 1. The van der Waals surface area contributed by atoms with Crippen LogP contribution in [0.5, 0.6) is 0 Å². The minimum Gasteiger partial charge on any atom is -0.398 e. The second-order valence-electron chi connectivity index (χ2n) is 17.5. The minimum absolute atomic E-state index is 0.0113.